The Kier molecular flexibility index (Phi) is 7.50. The number of aromatic nitrogens is 2. The Balaban J connectivity index is 1.64. The van der Waals surface area contributed by atoms with E-state index in [1.807, 2.05) is 0 Å². The SMILES string of the molecule is COC(=N)c1cnc(NC(=O)NC2CCN(N(C(N)=O)c3cc(N)c(C(=N)OC)cn3)C2)cc1N. The summed E-state index contributed by atoms with van der Waals surface area (Å²) < 4.78 is 9.69. The summed E-state index contributed by atoms with van der Waals surface area (Å²) in [5.41, 5.74) is 18.5. The molecule has 0 saturated carbocycles. The summed E-state index contributed by atoms with van der Waals surface area (Å²) in [7, 11) is 2.69. The van der Waals surface area contributed by atoms with Crippen LogP contribution in [-0.2, 0) is 9.47 Å². The smallest absolute Gasteiger partial charge is 0.335 e. The van der Waals surface area contributed by atoms with Crippen molar-refractivity contribution in [1.29, 1.82) is 10.8 Å². The van der Waals surface area contributed by atoms with Gasteiger partial charge in [-0.1, -0.05) is 0 Å². The van der Waals surface area contributed by atoms with E-state index in [4.69, 9.17) is 37.5 Å². The number of amides is 4. The van der Waals surface area contributed by atoms with Gasteiger partial charge >= 0.3 is 12.1 Å². The third-order valence-corrected chi connectivity index (χ3v) is 5.21. The molecule has 35 heavy (non-hydrogen) atoms. The summed E-state index contributed by atoms with van der Waals surface area (Å²) in [5, 5.41) is 23.6. The maximum absolute atomic E-state index is 12.5. The number of primary amides is 1. The zero-order valence-electron chi connectivity index (χ0n) is 19.2. The predicted octanol–water partition coefficient (Wildman–Crippen LogP) is 0.281. The molecule has 1 aliphatic rings. The van der Waals surface area contributed by atoms with Gasteiger partial charge in [0.05, 0.1) is 25.3 Å². The summed E-state index contributed by atoms with van der Waals surface area (Å²) >= 11 is 0. The van der Waals surface area contributed by atoms with Crippen molar-refractivity contribution in [1.82, 2.24) is 20.3 Å². The van der Waals surface area contributed by atoms with Crippen molar-refractivity contribution in [3.8, 4) is 0 Å². The number of hydrogen-bond donors (Lipinski definition) is 7. The first-order chi connectivity index (χ1) is 16.6. The van der Waals surface area contributed by atoms with Gasteiger partial charge in [0.2, 0.25) is 11.8 Å². The van der Waals surface area contributed by atoms with Gasteiger partial charge in [-0.25, -0.2) is 29.6 Å². The number of rotatable bonds is 6. The molecule has 1 atom stereocenters. The number of nitrogens with one attached hydrogen (secondary N) is 4. The van der Waals surface area contributed by atoms with Gasteiger partial charge in [-0.2, -0.15) is 0 Å². The van der Waals surface area contributed by atoms with Crippen LogP contribution >= 0.6 is 0 Å². The van der Waals surface area contributed by atoms with Crippen LogP contribution < -0.4 is 32.8 Å². The minimum Gasteiger partial charge on any atom is -0.481 e. The van der Waals surface area contributed by atoms with E-state index >= 15 is 0 Å². The molecule has 1 aliphatic heterocycles. The Labute approximate surface area is 200 Å². The minimum absolute atomic E-state index is 0.140. The van der Waals surface area contributed by atoms with Gasteiger partial charge < -0.3 is 32.0 Å². The van der Waals surface area contributed by atoms with Crippen molar-refractivity contribution < 1.29 is 19.1 Å². The minimum atomic E-state index is -0.780. The van der Waals surface area contributed by atoms with Gasteiger partial charge in [0.25, 0.3) is 0 Å². The molecule has 10 N–H and O–H groups in total. The third-order valence-electron chi connectivity index (χ3n) is 5.21. The number of nitrogen functional groups attached to an aromatic ring is 2. The zero-order valence-corrected chi connectivity index (χ0v) is 19.2. The van der Waals surface area contributed by atoms with Crippen molar-refractivity contribution in [2.75, 3.05) is 49.1 Å². The monoisotopic (exact) mass is 485 g/mol. The van der Waals surface area contributed by atoms with E-state index in [2.05, 4.69) is 20.6 Å². The molecule has 0 spiro atoms. The first-order valence-electron chi connectivity index (χ1n) is 10.3. The van der Waals surface area contributed by atoms with Gasteiger partial charge in [-0.05, 0) is 6.42 Å². The maximum Gasteiger partial charge on any atom is 0.335 e. The Morgan fingerprint density at radius 3 is 2.23 bits per heavy atom. The highest BCUT2D eigenvalue weighted by molar-refractivity contribution is 5.98. The molecule has 15 nitrogen and oxygen atoms in total. The number of ether oxygens (including phenoxy) is 2. The normalized spacial score (nSPS) is 15.2. The number of carbonyl (C=O) groups is 2. The second-order valence-electron chi connectivity index (χ2n) is 7.50. The van der Waals surface area contributed by atoms with Crippen LogP contribution in [0.25, 0.3) is 0 Å². The number of methoxy groups -OCH3 is 2. The molecule has 2 aromatic heterocycles. The zero-order chi connectivity index (χ0) is 25.7. The van der Waals surface area contributed by atoms with Gasteiger partial charge in [-0.3, -0.25) is 16.1 Å². The number of hydrogen-bond acceptors (Lipinski definition) is 11. The topological polar surface area (TPSA) is 235 Å². The number of urea groups is 2. The van der Waals surface area contributed by atoms with Crippen molar-refractivity contribution in [2.45, 2.75) is 12.5 Å². The Bertz CT molecular complexity index is 1160. The molecule has 15 heteroatoms. The molecule has 1 unspecified atom stereocenters. The van der Waals surface area contributed by atoms with Crippen LogP contribution in [0.1, 0.15) is 17.5 Å². The second kappa shape index (κ2) is 10.5. The highest BCUT2D eigenvalue weighted by Gasteiger charge is 2.32. The summed E-state index contributed by atoms with van der Waals surface area (Å²) in [5.74, 6) is 0.0715. The molecule has 3 rings (SSSR count). The molecular weight excluding hydrogens is 458 g/mol. The molecule has 4 amide bonds. The molecule has 1 saturated heterocycles. The largest absolute Gasteiger partial charge is 0.481 e. The fourth-order valence-electron chi connectivity index (χ4n) is 3.49. The average molecular weight is 486 g/mol. The van der Waals surface area contributed by atoms with Crippen LogP contribution in [0.15, 0.2) is 24.5 Å². The Hall–Kier alpha value is -4.66. The standard InChI is InChI=1S/C20H27N11O4/c1-34-17(23)11-7-26-15(5-13(11)21)29-20(33)28-10-3-4-30(9-10)31(19(25)32)16-6-14(22)12(8-27-16)18(24)35-2/h5-8,10,23-24H,3-4,9H2,1-2H3,(H2,22,27)(H2,25,32)(H4,21,26,28,29,33). The summed E-state index contributed by atoms with van der Waals surface area (Å²) in [6, 6.07) is 1.23. The molecule has 0 aromatic carbocycles. The molecule has 3 heterocycles. The van der Waals surface area contributed by atoms with Crippen LogP contribution in [0, 0.1) is 10.8 Å². The first kappa shape index (κ1) is 25.0. The third kappa shape index (κ3) is 5.64. The summed E-state index contributed by atoms with van der Waals surface area (Å²) in [6.45, 7) is 0.678. The number of hydrazine groups is 1. The second-order valence-corrected chi connectivity index (χ2v) is 7.50. The van der Waals surface area contributed by atoms with Crippen molar-refractivity contribution >= 4 is 46.9 Å². The van der Waals surface area contributed by atoms with E-state index in [9.17, 15) is 9.59 Å². The molecule has 2 aromatic rings. The lowest BCUT2D eigenvalue weighted by atomic mass is 10.2. The van der Waals surface area contributed by atoms with Crippen molar-refractivity contribution in [3.05, 3.63) is 35.7 Å². The molecule has 1 fully saturated rings. The fourth-order valence-corrected chi connectivity index (χ4v) is 3.49. The number of nitrogens with zero attached hydrogens (tertiary/aromatic N) is 4. The Morgan fingerprint density at radius 1 is 1.09 bits per heavy atom. The maximum atomic E-state index is 12.5. The lowest BCUT2D eigenvalue weighted by Gasteiger charge is -2.29. The predicted molar refractivity (Wildman–Crippen MR) is 129 cm³/mol. The van der Waals surface area contributed by atoms with Crippen LogP contribution in [0.5, 0.6) is 0 Å². The van der Waals surface area contributed by atoms with E-state index in [1.165, 1.54) is 43.8 Å². The van der Waals surface area contributed by atoms with Crippen LogP contribution in [0.4, 0.5) is 32.6 Å². The van der Waals surface area contributed by atoms with Crippen LogP contribution in [-0.4, -0.2) is 72.2 Å². The van der Waals surface area contributed by atoms with E-state index < -0.39 is 12.1 Å². The molecule has 0 radical (unpaired) electrons. The molecule has 186 valence electrons. The average Bonchev–Trinajstić information content (AvgIpc) is 3.25. The fraction of sp³-hybridized carbons (Fsp3) is 0.300. The van der Waals surface area contributed by atoms with Gasteiger partial charge in [0, 0.05) is 55.0 Å². The van der Waals surface area contributed by atoms with Crippen molar-refractivity contribution in [2.24, 2.45) is 5.73 Å². The number of carbonyl (C=O) groups excluding carboxylic acids is 2. The van der Waals surface area contributed by atoms with Crippen LogP contribution in [0.3, 0.4) is 0 Å². The van der Waals surface area contributed by atoms with Gasteiger partial charge in [0.15, 0.2) is 5.82 Å². The van der Waals surface area contributed by atoms with Gasteiger partial charge in [0.1, 0.15) is 5.82 Å². The van der Waals surface area contributed by atoms with E-state index in [1.54, 1.807) is 5.01 Å². The highest BCUT2D eigenvalue weighted by atomic mass is 16.5. The lowest BCUT2D eigenvalue weighted by molar-refractivity contribution is 0.228. The summed E-state index contributed by atoms with van der Waals surface area (Å²) in [4.78, 5) is 32.9. The van der Waals surface area contributed by atoms with E-state index in [-0.39, 0.29) is 53.0 Å². The summed E-state index contributed by atoms with van der Waals surface area (Å²) in [6.07, 6.45) is 3.18. The number of anilines is 4. The Morgan fingerprint density at radius 2 is 1.69 bits per heavy atom. The molecular formula is C20H27N11O4. The van der Waals surface area contributed by atoms with Gasteiger partial charge in [-0.15, -0.1) is 0 Å². The van der Waals surface area contributed by atoms with Crippen molar-refractivity contribution in [3.63, 3.8) is 0 Å². The quantitative estimate of drug-likeness (QED) is 0.219. The molecule has 0 aliphatic carbocycles. The number of nitrogens with two attached hydrogens (primary N) is 3. The lowest BCUT2D eigenvalue weighted by Crippen LogP contribution is -2.50. The van der Waals surface area contributed by atoms with E-state index in [0.717, 1.165) is 0 Å². The highest BCUT2D eigenvalue weighted by Crippen LogP contribution is 2.23. The van der Waals surface area contributed by atoms with Crippen LogP contribution in [0.2, 0.25) is 0 Å². The van der Waals surface area contributed by atoms with E-state index in [0.29, 0.717) is 18.5 Å². The molecule has 0 bridgehead atoms. The number of pyridine rings is 2. The first-order valence-corrected chi connectivity index (χ1v) is 10.3.